The van der Waals surface area contributed by atoms with Gasteiger partial charge in [-0.15, -0.1) is 13.2 Å². The van der Waals surface area contributed by atoms with Crippen LogP contribution in [0.2, 0.25) is 0 Å². The second-order valence-electron chi connectivity index (χ2n) is 9.10. The SMILES string of the molecule is C[C@H]1C[C@@H](n2c(CCC(=O)O)cnc2Nc2ccc(OC(F)(F)F)cc2)CC(C)(C)C1. The standard InChI is InChI=1S/C22H28F3N3O3/c1-14-10-17(12-21(2,3)11-14)28-16(6-9-19(29)30)13-26-20(28)27-15-4-7-18(8-5-15)31-22(23,24)25/h4-5,7-8,13-14,17H,6,9-12H2,1-3H3,(H,26,27)(H,29,30)/t14-,17+/m0/s1. The van der Waals surface area contributed by atoms with E-state index in [1.165, 1.54) is 24.3 Å². The summed E-state index contributed by atoms with van der Waals surface area (Å²) in [6, 6.07) is 5.61. The van der Waals surface area contributed by atoms with E-state index in [1.807, 2.05) is 0 Å². The minimum atomic E-state index is -4.74. The summed E-state index contributed by atoms with van der Waals surface area (Å²) < 4.78 is 43.1. The van der Waals surface area contributed by atoms with Crippen LogP contribution in [-0.2, 0) is 11.2 Å². The van der Waals surface area contributed by atoms with Crippen LogP contribution in [0.3, 0.4) is 0 Å². The Hall–Kier alpha value is -2.71. The molecule has 1 aliphatic rings. The van der Waals surface area contributed by atoms with Crippen LogP contribution in [0.1, 0.15) is 58.2 Å². The Bertz CT molecular complexity index is 907. The maximum Gasteiger partial charge on any atom is 0.573 e. The Kier molecular flexibility index (Phi) is 6.52. The van der Waals surface area contributed by atoms with Crippen molar-refractivity contribution < 1.29 is 27.8 Å². The zero-order valence-corrected chi connectivity index (χ0v) is 17.9. The molecule has 0 radical (unpaired) electrons. The van der Waals surface area contributed by atoms with Crippen LogP contribution in [-0.4, -0.2) is 27.0 Å². The van der Waals surface area contributed by atoms with E-state index in [1.54, 1.807) is 6.20 Å². The van der Waals surface area contributed by atoms with Gasteiger partial charge in [-0.05, 0) is 61.3 Å². The number of aryl methyl sites for hydroxylation is 1. The van der Waals surface area contributed by atoms with Gasteiger partial charge in [-0.3, -0.25) is 4.79 Å². The van der Waals surface area contributed by atoms with E-state index in [2.05, 4.69) is 40.4 Å². The molecule has 2 atom stereocenters. The van der Waals surface area contributed by atoms with Crippen molar-refractivity contribution in [3.63, 3.8) is 0 Å². The van der Waals surface area contributed by atoms with Crippen molar-refractivity contribution in [3.05, 3.63) is 36.2 Å². The molecule has 6 nitrogen and oxygen atoms in total. The molecule has 0 unspecified atom stereocenters. The van der Waals surface area contributed by atoms with Gasteiger partial charge in [0.1, 0.15) is 5.75 Å². The maximum absolute atomic E-state index is 12.4. The molecule has 3 rings (SSSR count). The van der Waals surface area contributed by atoms with Gasteiger partial charge in [0, 0.05) is 17.4 Å². The van der Waals surface area contributed by atoms with Gasteiger partial charge < -0.3 is 19.7 Å². The van der Waals surface area contributed by atoms with E-state index in [4.69, 9.17) is 5.11 Å². The molecular weight excluding hydrogens is 411 g/mol. The monoisotopic (exact) mass is 439 g/mol. The topological polar surface area (TPSA) is 76.4 Å². The minimum Gasteiger partial charge on any atom is -0.481 e. The molecule has 0 saturated heterocycles. The highest BCUT2D eigenvalue weighted by Crippen LogP contribution is 2.45. The summed E-state index contributed by atoms with van der Waals surface area (Å²) in [4.78, 5) is 15.6. The summed E-state index contributed by atoms with van der Waals surface area (Å²) in [6.45, 7) is 6.68. The first-order valence-corrected chi connectivity index (χ1v) is 10.3. The van der Waals surface area contributed by atoms with Crippen LogP contribution in [0.4, 0.5) is 24.8 Å². The predicted octanol–water partition coefficient (Wildman–Crippen LogP) is 5.93. The number of carbonyl (C=O) groups is 1. The number of hydrogen-bond donors (Lipinski definition) is 2. The number of aromatic nitrogens is 2. The lowest BCUT2D eigenvalue weighted by Crippen LogP contribution is -2.30. The Morgan fingerprint density at radius 1 is 1.29 bits per heavy atom. The Morgan fingerprint density at radius 3 is 2.55 bits per heavy atom. The van der Waals surface area contributed by atoms with Crippen LogP contribution >= 0.6 is 0 Å². The lowest BCUT2D eigenvalue weighted by molar-refractivity contribution is -0.274. The number of halogens is 3. The number of ether oxygens (including phenoxy) is 1. The minimum absolute atomic E-state index is 0.000276. The number of hydrogen-bond acceptors (Lipinski definition) is 4. The molecule has 1 aromatic heterocycles. The van der Waals surface area contributed by atoms with Crippen LogP contribution in [0.25, 0.3) is 0 Å². The molecular formula is C22H28F3N3O3. The first-order valence-electron chi connectivity index (χ1n) is 10.3. The van der Waals surface area contributed by atoms with E-state index in [-0.39, 0.29) is 23.6 Å². The van der Waals surface area contributed by atoms with Gasteiger partial charge in [-0.1, -0.05) is 20.8 Å². The highest BCUT2D eigenvalue weighted by molar-refractivity contribution is 5.67. The fourth-order valence-corrected chi connectivity index (χ4v) is 4.68. The zero-order valence-electron chi connectivity index (χ0n) is 17.9. The van der Waals surface area contributed by atoms with E-state index in [9.17, 15) is 18.0 Å². The molecule has 0 amide bonds. The fraction of sp³-hybridized carbons (Fsp3) is 0.545. The molecule has 2 aromatic rings. The number of rotatable bonds is 7. The molecule has 31 heavy (non-hydrogen) atoms. The number of nitrogens with zero attached hydrogens (tertiary/aromatic N) is 2. The van der Waals surface area contributed by atoms with Crippen molar-refractivity contribution in [1.82, 2.24) is 9.55 Å². The Balaban J connectivity index is 1.87. The first kappa shape index (κ1) is 23.0. The number of nitrogens with one attached hydrogen (secondary N) is 1. The molecule has 1 heterocycles. The van der Waals surface area contributed by atoms with Crippen molar-refractivity contribution in [2.75, 3.05) is 5.32 Å². The number of alkyl halides is 3. The van der Waals surface area contributed by atoms with Crippen molar-refractivity contribution in [2.45, 2.75) is 65.3 Å². The van der Waals surface area contributed by atoms with Gasteiger partial charge in [0.15, 0.2) is 0 Å². The maximum atomic E-state index is 12.4. The number of imidazole rings is 1. The van der Waals surface area contributed by atoms with Gasteiger partial charge in [0.2, 0.25) is 5.95 Å². The molecule has 0 aliphatic heterocycles. The molecule has 0 bridgehead atoms. The largest absolute Gasteiger partial charge is 0.573 e. The Morgan fingerprint density at radius 2 is 1.97 bits per heavy atom. The van der Waals surface area contributed by atoms with Crippen LogP contribution < -0.4 is 10.1 Å². The van der Waals surface area contributed by atoms with E-state index in [0.29, 0.717) is 24.0 Å². The average Bonchev–Trinajstić information content (AvgIpc) is 3.01. The third-order valence-corrected chi connectivity index (χ3v) is 5.54. The van der Waals surface area contributed by atoms with Crippen molar-refractivity contribution in [3.8, 4) is 5.75 Å². The van der Waals surface area contributed by atoms with Crippen LogP contribution in [0.15, 0.2) is 30.5 Å². The first-order chi connectivity index (χ1) is 14.4. The second kappa shape index (κ2) is 8.80. The van der Waals surface area contributed by atoms with Crippen molar-refractivity contribution in [2.24, 2.45) is 11.3 Å². The molecule has 170 valence electrons. The van der Waals surface area contributed by atoms with Crippen LogP contribution in [0.5, 0.6) is 5.75 Å². The lowest BCUT2D eigenvalue weighted by atomic mass is 9.70. The average molecular weight is 439 g/mol. The number of aliphatic carboxylic acids is 1. The van der Waals surface area contributed by atoms with Gasteiger partial charge in [-0.25, -0.2) is 4.98 Å². The van der Waals surface area contributed by atoms with Gasteiger partial charge in [0.05, 0.1) is 12.6 Å². The zero-order chi connectivity index (χ0) is 22.8. The smallest absolute Gasteiger partial charge is 0.481 e. The molecule has 1 saturated carbocycles. The lowest BCUT2D eigenvalue weighted by Gasteiger charge is -2.40. The van der Waals surface area contributed by atoms with Gasteiger partial charge in [0.25, 0.3) is 0 Å². The molecule has 1 fully saturated rings. The van der Waals surface area contributed by atoms with Crippen molar-refractivity contribution in [1.29, 1.82) is 0 Å². The number of carboxylic acid groups (broad SMARTS) is 1. The normalized spacial score (nSPS) is 21.0. The van der Waals surface area contributed by atoms with Gasteiger partial charge in [-0.2, -0.15) is 0 Å². The fourth-order valence-electron chi connectivity index (χ4n) is 4.68. The van der Waals surface area contributed by atoms with E-state index >= 15 is 0 Å². The quantitative estimate of drug-likeness (QED) is 0.559. The van der Waals surface area contributed by atoms with E-state index < -0.39 is 12.3 Å². The molecule has 1 aromatic carbocycles. The third kappa shape index (κ3) is 6.38. The highest BCUT2D eigenvalue weighted by atomic mass is 19.4. The van der Waals surface area contributed by atoms with Crippen molar-refractivity contribution >= 4 is 17.6 Å². The number of anilines is 2. The summed E-state index contributed by atoms with van der Waals surface area (Å²) in [7, 11) is 0. The number of benzene rings is 1. The number of carboxylic acids is 1. The Labute approximate surface area is 179 Å². The van der Waals surface area contributed by atoms with Crippen LogP contribution in [0, 0.1) is 11.3 Å². The molecule has 2 N–H and O–H groups in total. The summed E-state index contributed by atoms with van der Waals surface area (Å²) >= 11 is 0. The van der Waals surface area contributed by atoms with Gasteiger partial charge >= 0.3 is 12.3 Å². The molecule has 9 heteroatoms. The molecule has 1 aliphatic carbocycles. The summed E-state index contributed by atoms with van der Waals surface area (Å²) in [6.07, 6.45) is 0.293. The summed E-state index contributed by atoms with van der Waals surface area (Å²) in [5.41, 5.74) is 1.54. The summed E-state index contributed by atoms with van der Waals surface area (Å²) in [5, 5.41) is 12.3. The second-order valence-corrected chi connectivity index (χ2v) is 9.10. The highest BCUT2D eigenvalue weighted by Gasteiger charge is 2.35. The van der Waals surface area contributed by atoms with E-state index in [0.717, 1.165) is 25.0 Å². The third-order valence-electron chi connectivity index (χ3n) is 5.54. The molecule has 0 spiro atoms. The summed E-state index contributed by atoms with van der Waals surface area (Å²) in [5.74, 6) is -0.110. The predicted molar refractivity (Wildman–Crippen MR) is 110 cm³/mol.